The van der Waals surface area contributed by atoms with Gasteiger partial charge in [0.25, 0.3) is 0 Å². The lowest BCUT2D eigenvalue weighted by atomic mass is 9.89. The molecule has 1 amide bonds. The Morgan fingerprint density at radius 3 is 2.00 bits per heavy atom. The van der Waals surface area contributed by atoms with E-state index in [2.05, 4.69) is 26.1 Å². The molecule has 0 fully saturated rings. The maximum Gasteiger partial charge on any atom is 0.326 e. The van der Waals surface area contributed by atoms with Crippen molar-refractivity contribution in [2.24, 2.45) is 17.8 Å². The van der Waals surface area contributed by atoms with Crippen molar-refractivity contribution in [2.75, 3.05) is 0 Å². The molecule has 0 aliphatic rings. The molecular formula is C14H27NO3. The molecule has 106 valence electrons. The molecule has 0 aliphatic heterocycles. The zero-order valence-corrected chi connectivity index (χ0v) is 12.2. The second kappa shape index (κ2) is 8.11. The minimum Gasteiger partial charge on any atom is -0.480 e. The second-order valence-corrected chi connectivity index (χ2v) is 5.39. The summed E-state index contributed by atoms with van der Waals surface area (Å²) >= 11 is 0. The minimum absolute atomic E-state index is 0.0504. The average molecular weight is 257 g/mol. The highest BCUT2D eigenvalue weighted by Crippen LogP contribution is 2.19. The van der Waals surface area contributed by atoms with Crippen LogP contribution in [0.1, 0.15) is 53.9 Å². The first-order chi connectivity index (χ1) is 8.33. The lowest BCUT2D eigenvalue weighted by molar-refractivity contribution is -0.143. The highest BCUT2D eigenvalue weighted by Gasteiger charge is 2.26. The number of carbonyl (C=O) groups is 2. The van der Waals surface area contributed by atoms with Crippen LogP contribution in [0.5, 0.6) is 0 Å². The van der Waals surface area contributed by atoms with E-state index in [1.807, 2.05) is 13.8 Å². The molecule has 0 aromatic rings. The van der Waals surface area contributed by atoms with Gasteiger partial charge in [0.2, 0.25) is 5.91 Å². The first-order valence-corrected chi connectivity index (χ1v) is 6.85. The van der Waals surface area contributed by atoms with Crippen LogP contribution in [-0.4, -0.2) is 23.0 Å². The number of aliphatic carboxylic acids is 1. The average Bonchev–Trinajstić information content (AvgIpc) is 2.31. The van der Waals surface area contributed by atoms with Gasteiger partial charge in [-0.25, -0.2) is 4.79 Å². The van der Waals surface area contributed by atoms with Gasteiger partial charge in [-0.05, 0) is 17.8 Å². The van der Waals surface area contributed by atoms with Crippen LogP contribution < -0.4 is 5.32 Å². The molecule has 0 heterocycles. The monoisotopic (exact) mass is 257 g/mol. The van der Waals surface area contributed by atoms with Crippen LogP contribution in [0.15, 0.2) is 0 Å². The molecule has 0 saturated carbocycles. The van der Waals surface area contributed by atoms with Crippen LogP contribution in [0, 0.1) is 17.8 Å². The van der Waals surface area contributed by atoms with E-state index >= 15 is 0 Å². The smallest absolute Gasteiger partial charge is 0.326 e. The first kappa shape index (κ1) is 16.9. The molecule has 2 N–H and O–H groups in total. The van der Waals surface area contributed by atoms with Gasteiger partial charge in [-0.2, -0.15) is 0 Å². The third-order valence-corrected chi connectivity index (χ3v) is 3.71. The summed E-state index contributed by atoms with van der Waals surface area (Å²) in [6.07, 6.45) is 2.08. The molecule has 0 bridgehead atoms. The van der Waals surface area contributed by atoms with Gasteiger partial charge >= 0.3 is 5.97 Å². The van der Waals surface area contributed by atoms with Crippen molar-refractivity contribution in [2.45, 2.75) is 59.9 Å². The first-order valence-electron chi connectivity index (χ1n) is 6.85. The second-order valence-electron chi connectivity index (χ2n) is 5.39. The molecule has 0 aromatic carbocycles. The Hall–Kier alpha value is -1.06. The van der Waals surface area contributed by atoms with Gasteiger partial charge < -0.3 is 10.4 Å². The Labute approximate surface area is 110 Å². The van der Waals surface area contributed by atoms with Gasteiger partial charge in [-0.1, -0.05) is 47.5 Å². The van der Waals surface area contributed by atoms with E-state index in [1.165, 1.54) is 0 Å². The Balaban J connectivity index is 4.47. The van der Waals surface area contributed by atoms with E-state index in [1.54, 1.807) is 0 Å². The maximum atomic E-state index is 11.9. The van der Waals surface area contributed by atoms with E-state index in [9.17, 15) is 9.59 Å². The fourth-order valence-corrected chi connectivity index (χ4v) is 2.01. The molecule has 0 aliphatic carbocycles. The predicted octanol–water partition coefficient (Wildman–Crippen LogP) is 2.67. The third-order valence-electron chi connectivity index (χ3n) is 3.71. The highest BCUT2D eigenvalue weighted by molar-refractivity contribution is 5.83. The largest absolute Gasteiger partial charge is 0.480 e. The highest BCUT2D eigenvalue weighted by atomic mass is 16.4. The number of hydrogen-bond donors (Lipinski definition) is 2. The van der Waals surface area contributed by atoms with Crippen molar-refractivity contribution in [1.29, 1.82) is 0 Å². The van der Waals surface area contributed by atoms with Gasteiger partial charge in [0.1, 0.15) is 6.04 Å². The molecule has 18 heavy (non-hydrogen) atoms. The summed E-state index contributed by atoms with van der Waals surface area (Å²) in [5.74, 6) is -0.395. The molecule has 3 atom stereocenters. The quantitative estimate of drug-likeness (QED) is 0.702. The van der Waals surface area contributed by atoms with Gasteiger partial charge in [-0.3, -0.25) is 4.79 Å². The zero-order chi connectivity index (χ0) is 14.3. The number of carbonyl (C=O) groups excluding carboxylic acids is 1. The lowest BCUT2D eigenvalue weighted by Gasteiger charge is -2.23. The molecule has 0 radical (unpaired) electrons. The Morgan fingerprint density at radius 2 is 1.67 bits per heavy atom. The van der Waals surface area contributed by atoms with E-state index < -0.39 is 12.0 Å². The topological polar surface area (TPSA) is 66.4 Å². The summed E-state index contributed by atoms with van der Waals surface area (Å²) in [6.45, 7) is 10.0. The van der Waals surface area contributed by atoms with Crippen LogP contribution in [0.25, 0.3) is 0 Å². The molecule has 0 rings (SSSR count). The standard InChI is InChI=1S/C14H27NO3/c1-6-10(5)13(14(17)18)15-12(16)8-11(7-2)9(3)4/h9-11,13H,6-8H2,1-5H3,(H,15,16)(H,17,18)/t10-,11?,13-/m0/s1. The summed E-state index contributed by atoms with van der Waals surface area (Å²) in [7, 11) is 0. The van der Waals surface area contributed by atoms with Gasteiger partial charge in [0.15, 0.2) is 0 Å². The molecular weight excluding hydrogens is 230 g/mol. The third kappa shape index (κ3) is 5.52. The van der Waals surface area contributed by atoms with Crippen LogP contribution in [0.2, 0.25) is 0 Å². The molecule has 0 saturated heterocycles. The number of amides is 1. The fourth-order valence-electron chi connectivity index (χ4n) is 2.01. The van der Waals surface area contributed by atoms with Gasteiger partial charge in [0.05, 0.1) is 0 Å². The van der Waals surface area contributed by atoms with Crippen molar-refractivity contribution in [3.8, 4) is 0 Å². The van der Waals surface area contributed by atoms with Crippen LogP contribution >= 0.6 is 0 Å². The van der Waals surface area contributed by atoms with Crippen molar-refractivity contribution in [1.82, 2.24) is 5.32 Å². The number of rotatable bonds is 8. The summed E-state index contributed by atoms with van der Waals surface area (Å²) in [5, 5.41) is 11.8. The predicted molar refractivity (Wildman–Crippen MR) is 72.3 cm³/mol. The summed E-state index contributed by atoms with van der Waals surface area (Å²) in [4.78, 5) is 23.0. The van der Waals surface area contributed by atoms with E-state index in [4.69, 9.17) is 5.11 Å². The lowest BCUT2D eigenvalue weighted by Crippen LogP contribution is -2.45. The SMILES string of the molecule is CCC(CC(=O)N[C@H](C(=O)O)[C@@H](C)CC)C(C)C. The summed E-state index contributed by atoms with van der Waals surface area (Å²) in [6, 6.07) is -0.771. The van der Waals surface area contributed by atoms with E-state index in [-0.39, 0.29) is 11.8 Å². The van der Waals surface area contributed by atoms with Crippen LogP contribution in [0.3, 0.4) is 0 Å². The Kier molecular flexibility index (Phi) is 7.64. The number of carboxylic acid groups (broad SMARTS) is 1. The van der Waals surface area contributed by atoms with Crippen molar-refractivity contribution < 1.29 is 14.7 Å². The number of hydrogen-bond acceptors (Lipinski definition) is 2. The molecule has 4 heteroatoms. The van der Waals surface area contributed by atoms with E-state index in [0.717, 1.165) is 12.8 Å². The summed E-state index contributed by atoms with van der Waals surface area (Å²) in [5.41, 5.74) is 0. The maximum absolute atomic E-state index is 11.9. The molecule has 0 spiro atoms. The summed E-state index contributed by atoms with van der Waals surface area (Å²) < 4.78 is 0. The molecule has 1 unspecified atom stereocenters. The van der Waals surface area contributed by atoms with E-state index in [0.29, 0.717) is 18.3 Å². The minimum atomic E-state index is -0.949. The van der Waals surface area contributed by atoms with Crippen molar-refractivity contribution in [3.63, 3.8) is 0 Å². The fraction of sp³-hybridized carbons (Fsp3) is 0.857. The van der Waals surface area contributed by atoms with Gasteiger partial charge in [-0.15, -0.1) is 0 Å². The Morgan fingerprint density at radius 1 is 1.11 bits per heavy atom. The van der Waals surface area contributed by atoms with Crippen LogP contribution in [0.4, 0.5) is 0 Å². The molecule has 0 aromatic heterocycles. The zero-order valence-electron chi connectivity index (χ0n) is 12.2. The molecule has 4 nitrogen and oxygen atoms in total. The Bertz CT molecular complexity index is 276. The van der Waals surface area contributed by atoms with Crippen molar-refractivity contribution >= 4 is 11.9 Å². The van der Waals surface area contributed by atoms with Crippen molar-refractivity contribution in [3.05, 3.63) is 0 Å². The van der Waals surface area contributed by atoms with Gasteiger partial charge in [0, 0.05) is 6.42 Å². The number of nitrogens with one attached hydrogen (secondary N) is 1. The normalized spacial score (nSPS) is 16.1. The van der Waals surface area contributed by atoms with Crippen LogP contribution in [-0.2, 0) is 9.59 Å². The number of carboxylic acids is 1.